The van der Waals surface area contributed by atoms with Crippen molar-refractivity contribution in [2.45, 2.75) is 27.3 Å². The molecule has 0 aliphatic heterocycles. The molecule has 1 aromatic rings. The monoisotopic (exact) mass is 317 g/mol. The molecule has 4 nitrogen and oxygen atoms in total. The Kier molecular flexibility index (Phi) is 7.11. The van der Waals surface area contributed by atoms with Crippen LogP contribution >= 0.6 is 0 Å². The molecule has 0 heterocycles. The van der Waals surface area contributed by atoms with E-state index < -0.39 is 15.7 Å². The lowest BCUT2D eigenvalue weighted by atomic mass is 10.2. The average molecular weight is 317 g/mol. The number of halogens is 1. The molecule has 0 aliphatic rings. The maximum atomic E-state index is 13.8. The third-order valence-electron chi connectivity index (χ3n) is 2.97. The van der Waals surface area contributed by atoms with Crippen molar-refractivity contribution in [3.05, 3.63) is 29.6 Å². The Balaban J connectivity index is 2.50. The van der Waals surface area contributed by atoms with Crippen LogP contribution in [0.2, 0.25) is 0 Å². The summed E-state index contributed by atoms with van der Waals surface area (Å²) < 4.78 is 41.7. The zero-order chi connectivity index (χ0) is 15.9. The van der Waals surface area contributed by atoms with Gasteiger partial charge in [0.15, 0.2) is 21.4 Å². The van der Waals surface area contributed by atoms with Gasteiger partial charge in [-0.25, -0.2) is 12.8 Å². The Morgan fingerprint density at radius 3 is 2.62 bits per heavy atom. The van der Waals surface area contributed by atoms with Crippen LogP contribution in [0.25, 0.3) is 0 Å². The largest absolute Gasteiger partial charge is 0.489 e. The van der Waals surface area contributed by atoms with E-state index in [9.17, 15) is 12.8 Å². The molecule has 1 N–H and O–H groups in total. The molecule has 0 unspecified atom stereocenters. The van der Waals surface area contributed by atoms with E-state index in [1.54, 1.807) is 19.1 Å². The van der Waals surface area contributed by atoms with Crippen LogP contribution in [0.3, 0.4) is 0 Å². The van der Waals surface area contributed by atoms with Gasteiger partial charge in [-0.05, 0) is 30.2 Å². The predicted octanol–water partition coefficient (Wildman–Crippen LogP) is 2.38. The minimum absolute atomic E-state index is 0.0297. The van der Waals surface area contributed by atoms with Crippen LogP contribution in [0.5, 0.6) is 5.75 Å². The van der Waals surface area contributed by atoms with Gasteiger partial charge >= 0.3 is 0 Å². The van der Waals surface area contributed by atoms with Crippen molar-refractivity contribution in [2.24, 2.45) is 5.92 Å². The Morgan fingerprint density at radius 1 is 1.33 bits per heavy atom. The molecule has 0 amide bonds. The Bertz CT molecular complexity index is 544. The molecular weight excluding hydrogens is 293 g/mol. The molecule has 0 atom stereocenters. The number of hydrogen-bond acceptors (Lipinski definition) is 4. The molecule has 0 bridgehead atoms. The van der Waals surface area contributed by atoms with Gasteiger partial charge in [-0.15, -0.1) is 0 Å². The molecule has 1 aromatic carbocycles. The first-order valence-corrected chi connectivity index (χ1v) is 8.98. The third kappa shape index (κ3) is 6.91. The maximum Gasteiger partial charge on any atom is 0.165 e. The Labute approximate surface area is 126 Å². The Hall–Kier alpha value is -1.14. The zero-order valence-electron chi connectivity index (χ0n) is 12.9. The highest BCUT2D eigenvalue weighted by molar-refractivity contribution is 7.91. The second-order valence-electron chi connectivity index (χ2n) is 5.37. The number of sulfone groups is 1. The zero-order valence-corrected chi connectivity index (χ0v) is 13.7. The van der Waals surface area contributed by atoms with Crippen molar-refractivity contribution in [1.29, 1.82) is 0 Å². The smallest absolute Gasteiger partial charge is 0.165 e. The minimum atomic E-state index is -3.09. The SMILES string of the molecule is CCS(=O)(=O)CCOc1ccc(CNCC(C)C)cc1F. The topological polar surface area (TPSA) is 55.4 Å². The van der Waals surface area contributed by atoms with Crippen molar-refractivity contribution in [3.8, 4) is 5.75 Å². The van der Waals surface area contributed by atoms with Crippen LogP contribution in [-0.2, 0) is 16.4 Å². The third-order valence-corrected chi connectivity index (χ3v) is 4.64. The molecule has 0 radical (unpaired) electrons. The van der Waals surface area contributed by atoms with Crippen molar-refractivity contribution >= 4 is 9.84 Å². The fraction of sp³-hybridized carbons (Fsp3) is 0.600. The minimum Gasteiger partial charge on any atom is -0.489 e. The summed E-state index contributed by atoms with van der Waals surface area (Å²) in [5.41, 5.74) is 0.835. The normalized spacial score (nSPS) is 11.9. The number of ether oxygens (including phenoxy) is 1. The summed E-state index contributed by atoms with van der Waals surface area (Å²) in [4.78, 5) is 0. The Morgan fingerprint density at radius 2 is 2.05 bits per heavy atom. The van der Waals surface area contributed by atoms with E-state index in [2.05, 4.69) is 19.2 Å². The van der Waals surface area contributed by atoms with Crippen molar-refractivity contribution < 1.29 is 17.5 Å². The van der Waals surface area contributed by atoms with Crippen LogP contribution in [0.1, 0.15) is 26.3 Å². The van der Waals surface area contributed by atoms with Crippen molar-refractivity contribution in [1.82, 2.24) is 5.32 Å². The van der Waals surface area contributed by atoms with Crippen LogP contribution in [0.4, 0.5) is 4.39 Å². The fourth-order valence-corrected chi connectivity index (χ4v) is 2.33. The summed E-state index contributed by atoms with van der Waals surface area (Å²) >= 11 is 0. The summed E-state index contributed by atoms with van der Waals surface area (Å²) in [5.74, 6) is 0.138. The molecule has 0 aromatic heterocycles. The highest BCUT2D eigenvalue weighted by Crippen LogP contribution is 2.18. The lowest BCUT2D eigenvalue weighted by Gasteiger charge is -2.10. The summed E-state index contributed by atoms with van der Waals surface area (Å²) in [7, 11) is -3.09. The lowest BCUT2D eigenvalue weighted by Crippen LogP contribution is -2.19. The highest BCUT2D eigenvalue weighted by Gasteiger charge is 2.09. The number of benzene rings is 1. The van der Waals surface area contributed by atoms with Gasteiger partial charge in [0.2, 0.25) is 0 Å². The molecule has 1 rings (SSSR count). The van der Waals surface area contributed by atoms with E-state index >= 15 is 0 Å². The quantitative estimate of drug-likeness (QED) is 0.760. The van der Waals surface area contributed by atoms with Gasteiger partial charge in [-0.3, -0.25) is 0 Å². The number of nitrogens with one attached hydrogen (secondary N) is 1. The van der Waals surface area contributed by atoms with Crippen molar-refractivity contribution in [2.75, 3.05) is 24.7 Å². The first-order valence-electron chi connectivity index (χ1n) is 7.16. The molecule has 120 valence electrons. The average Bonchev–Trinajstić information content (AvgIpc) is 2.40. The van der Waals surface area contributed by atoms with E-state index in [1.807, 2.05) is 0 Å². The van der Waals surface area contributed by atoms with Crippen LogP contribution in [-0.4, -0.2) is 33.1 Å². The highest BCUT2D eigenvalue weighted by atomic mass is 32.2. The van der Waals surface area contributed by atoms with Gasteiger partial charge in [-0.2, -0.15) is 0 Å². The fourth-order valence-electron chi connectivity index (χ4n) is 1.70. The second kappa shape index (κ2) is 8.34. The van der Waals surface area contributed by atoms with E-state index in [-0.39, 0.29) is 23.9 Å². The first kappa shape index (κ1) is 17.9. The van der Waals surface area contributed by atoms with Crippen LogP contribution in [0, 0.1) is 11.7 Å². The standard InChI is InChI=1S/C15H24FNO3S/c1-4-21(18,19)8-7-20-15-6-5-13(9-14(15)16)11-17-10-12(2)3/h5-6,9,12,17H,4,7-8,10-11H2,1-3H3. The van der Waals surface area contributed by atoms with Crippen molar-refractivity contribution in [3.63, 3.8) is 0 Å². The number of hydrogen-bond donors (Lipinski definition) is 1. The van der Waals surface area contributed by atoms with Gasteiger partial charge in [-0.1, -0.05) is 26.8 Å². The van der Waals surface area contributed by atoms with Crippen LogP contribution in [0.15, 0.2) is 18.2 Å². The molecule has 0 saturated heterocycles. The summed E-state index contributed by atoms with van der Waals surface area (Å²) in [6.07, 6.45) is 0. The molecule has 6 heteroatoms. The lowest BCUT2D eigenvalue weighted by molar-refractivity contribution is 0.322. The van der Waals surface area contributed by atoms with E-state index in [4.69, 9.17) is 4.74 Å². The molecule has 21 heavy (non-hydrogen) atoms. The van der Waals surface area contributed by atoms with E-state index in [0.717, 1.165) is 12.1 Å². The van der Waals surface area contributed by atoms with E-state index in [1.165, 1.54) is 6.07 Å². The summed E-state index contributed by atoms with van der Waals surface area (Å²) in [6, 6.07) is 4.73. The second-order valence-corrected chi connectivity index (χ2v) is 7.85. The number of rotatable bonds is 9. The van der Waals surface area contributed by atoms with Crippen LogP contribution < -0.4 is 10.1 Å². The molecule has 0 aliphatic carbocycles. The van der Waals surface area contributed by atoms with Gasteiger partial charge in [0, 0.05) is 12.3 Å². The molecular formula is C15H24FNO3S. The molecule has 0 spiro atoms. The molecule has 0 fully saturated rings. The van der Waals surface area contributed by atoms with Gasteiger partial charge in [0.1, 0.15) is 6.61 Å². The van der Waals surface area contributed by atoms with Gasteiger partial charge in [0.05, 0.1) is 5.75 Å². The molecule has 0 saturated carbocycles. The van der Waals surface area contributed by atoms with Gasteiger partial charge < -0.3 is 10.1 Å². The predicted molar refractivity (Wildman–Crippen MR) is 82.8 cm³/mol. The maximum absolute atomic E-state index is 13.8. The summed E-state index contributed by atoms with van der Waals surface area (Å²) in [5, 5.41) is 3.23. The van der Waals surface area contributed by atoms with Gasteiger partial charge in [0.25, 0.3) is 0 Å². The van der Waals surface area contributed by atoms with E-state index in [0.29, 0.717) is 12.5 Å². The first-order chi connectivity index (χ1) is 9.84. The summed E-state index contributed by atoms with van der Waals surface area (Å²) in [6.45, 7) is 7.23.